The first-order valence-electron chi connectivity index (χ1n) is 6.82. The Morgan fingerprint density at radius 3 is 2.91 bits per heavy atom. The highest BCUT2D eigenvalue weighted by Crippen LogP contribution is 2.27. The zero-order valence-electron chi connectivity index (χ0n) is 11.8. The number of oxazole rings is 1. The van der Waals surface area contributed by atoms with Crippen LogP contribution < -0.4 is 4.57 Å². The summed E-state index contributed by atoms with van der Waals surface area (Å²) >= 11 is 3.48. The molecule has 0 unspecified atom stereocenters. The molecule has 0 saturated heterocycles. The summed E-state index contributed by atoms with van der Waals surface area (Å²) in [6, 6.07) is 6.31. The van der Waals surface area contributed by atoms with Gasteiger partial charge in [0.05, 0.1) is 9.40 Å². The number of pyridine rings is 1. The van der Waals surface area contributed by atoms with Crippen molar-refractivity contribution in [2.24, 2.45) is 0 Å². The minimum atomic E-state index is -0.442. The Balaban J connectivity index is 2.08. The number of rotatable bonds is 4. The first kappa shape index (κ1) is 14.6. The van der Waals surface area contributed by atoms with Crippen LogP contribution in [0, 0.1) is 10.1 Å². The van der Waals surface area contributed by atoms with E-state index in [1.165, 1.54) is 12.1 Å². The number of hydrogen-bond acceptors (Lipinski definition) is 4. The predicted molar refractivity (Wildman–Crippen MR) is 84.3 cm³/mol. The van der Waals surface area contributed by atoms with Crippen molar-refractivity contribution in [1.29, 1.82) is 0 Å². The lowest BCUT2D eigenvalue weighted by Crippen LogP contribution is -2.32. The van der Waals surface area contributed by atoms with Gasteiger partial charge in [0.1, 0.15) is 17.6 Å². The number of benzene rings is 1. The van der Waals surface area contributed by atoms with Gasteiger partial charge in [0, 0.05) is 18.6 Å². The van der Waals surface area contributed by atoms with Crippen LogP contribution in [-0.4, -0.2) is 9.91 Å². The molecule has 0 aliphatic heterocycles. The predicted octanol–water partition coefficient (Wildman–Crippen LogP) is 3.86. The van der Waals surface area contributed by atoms with E-state index >= 15 is 0 Å². The summed E-state index contributed by atoms with van der Waals surface area (Å²) in [5.41, 5.74) is 1.83. The van der Waals surface area contributed by atoms with E-state index in [9.17, 15) is 10.1 Å². The third-order valence-electron chi connectivity index (χ3n) is 3.20. The van der Waals surface area contributed by atoms with Crippen molar-refractivity contribution >= 4 is 32.7 Å². The Hall–Kier alpha value is -2.28. The minimum Gasteiger partial charge on any atom is -0.436 e. The summed E-state index contributed by atoms with van der Waals surface area (Å²) < 4.78 is 8.68. The second-order valence-corrected chi connectivity index (χ2v) is 5.82. The lowest BCUT2D eigenvalue weighted by molar-refractivity contribution is -0.697. The molecule has 0 aliphatic carbocycles. The monoisotopic (exact) mass is 362 g/mol. The first-order valence-corrected chi connectivity index (χ1v) is 7.61. The topological polar surface area (TPSA) is 73.0 Å². The van der Waals surface area contributed by atoms with E-state index in [4.69, 9.17) is 4.42 Å². The van der Waals surface area contributed by atoms with Gasteiger partial charge in [-0.05, 0) is 28.1 Å². The lowest BCUT2D eigenvalue weighted by atomic mass is 10.3. The Kier molecular flexibility index (Phi) is 3.89. The molecule has 0 aliphatic rings. The van der Waals surface area contributed by atoms with Crippen LogP contribution in [0.15, 0.2) is 45.5 Å². The van der Waals surface area contributed by atoms with E-state index in [1.807, 2.05) is 18.5 Å². The zero-order valence-corrected chi connectivity index (χ0v) is 13.4. The summed E-state index contributed by atoms with van der Waals surface area (Å²) in [6.07, 6.45) is 4.95. The third-order valence-corrected chi connectivity index (χ3v) is 3.63. The number of aryl methyl sites for hydroxylation is 1. The van der Waals surface area contributed by atoms with Gasteiger partial charge >= 0.3 is 0 Å². The van der Waals surface area contributed by atoms with E-state index in [-0.39, 0.29) is 5.69 Å². The summed E-state index contributed by atoms with van der Waals surface area (Å²) in [5, 5.41) is 10.8. The van der Waals surface area contributed by atoms with Crippen molar-refractivity contribution < 1.29 is 13.9 Å². The molecule has 0 amide bonds. The average molecular weight is 363 g/mol. The van der Waals surface area contributed by atoms with Crippen LogP contribution in [0.4, 0.5) is 5.69 Å². The maximum Gasteiger partial charge on any atom is 0.271 e. The highest BCUT2D eigenvalue weighted by molar-refractivity contribution is 9.10. The standard InChI is InChI=1S/C15H13BrN3O3/c1-2-5-18-8-10(6-11(16)9-18)15-17-13-7-12(19(20)21)3-4-14(13)22-15/h3-4,6-9H,2,5H2,1H3/q+1. The average Bonchev–Trinajstić information content (AvgIpc) is 2.89. The normalized spacial score (nSPS) is 11.0. The fraction of sp³-hybridized carbons (Fsp3) is 0.200. The van der Waals surface area contributed by atoms with E-state index in [2.05, 4.69) is 32.4 Å². The van der Waals surface area contributed by atoms with Crippen LogP contribution >= 0.6 is 15.9 Å². The molecule has 6 nitrogen and oxygen atoms in total. The van der Waals surface area contributed by atoms with Crippen LogP contribution in [0.3, 0.4) is 0 Å². The van der Waals surface area contributed by atoms with Gasteiger partial charge in [-0.15, -0.1) is 0 Å². The quantitative estimate of drug-likeness (QED) is 0.401. The molecule has 0 bridgehead atoms. The van der Waals surface area contributed by atoms with Gasteiger partial charge in [-0.3, -0.25) is 10.1 Å². The minimum absolute atomic E-state index is 0.00244. The Bertz CT molecular complexity index is 860. The Morgan fingerprint density at radius 2 is 2.18 bits per heavy atom. The molecule has 0 atom stereocenters. The number of hydrogen-bond donors (Lipinski definition) is 0. The van der Waals surface area contributed by atoms with E-state index in [1.54, 1.807) is 6.07 Å². The van der Waals surface area contributed by atoms with Crippen molar-refractivity contribution in [1.82, 2.24) is 4.98 Å². The van der Waals surface area contributed by atoms with Crippen LogP contribution in [0.5, 0.6) is 0 Å². The first-order chi connectivity index (χ1) is 10.6. The molecule has 3 rings (SSSR count). The molecular formula is C15H13BrN3O3+. The van der Waals surface area contributed by atoms with Crippen LogP contribution in [-0.2, 0) is 6.54 Å². The highest BCUT2D eigenvalue weighted by Gasteiger charge is 2.16. The maximum atomic E-state index is 10.8. The largest absolute Gasteiger partial charge is 0.436 e. The molecule has 112 valence electrons. The van der Waals surface area contributed by atoms with Crippen molar-refractivity contribution in [2.45, 2.75) is 19.9 Å². The second kappa shape index (κ2) is 5.84. The van der Waals surface area contributed by atoms with Crippen molar-refractivity contribution in [3.05, 3.63) is 51.2 Å². The molecule has 7 heteroatoms. The molecule has 0 saturated carbocycles. The van der Waals surface area contributed by atoms with Gasteiger partial charge in [0.15, 0.2) is 18.0 Å². The second-order valence-electron chi connectivity index (χ2n) is 4.91. The van der Waals surface area contributed by atoms with Crippen molar-refractivity contribution in [3.63, 3.8) is 0 Å². The van der Waals surface area contributed by atoms with Gasteiger partial charge in [-0.25, -0.2) is 9.55 Å². The lowest BCUT2D eigenvalue weighted by Gasteiger charge is -1.98. The molecule has 0 N–H and O–H groups in total. The highest BCUT2D eigenvalue weighted by atomic mass is 79.9. The number of nitro benzene ring substituents is 1. The van der Waals surface area contributed by atoms with Crippen molar-refractivity contribution in [3.8, 4) is 11.5 Å². The fourth-order valence-electron chi connectivity index (χ4n) is 2.25. The summed E-state index contributed by atoms with van der Waals surface area (Å²) in [6.45, 7) is 2.99. The Labute approximate surface area is 134 Å². The number of nitro groups is 1. The van der Waals surface area contributed by atoms with E-state index in [0.717, 1.165) is 23.0 Å². The molecule has 0 radical (unpaired) electrons. The molecule has 0 fully saturated rings. The van der Waals surface area contributed by atoms with E-state index < -0.39 is 4.92 Å². The van der Waals surface area contributed by atoms with Gasteiger partial charge in [0.2, 0.25) is 5.89 Å². The third kappa shape index (κ3) is 2.85. The van der Waals surface area contributed by atoms with Crippen LogP contribution in [0.1, 0.15) is 13.3 Å². The zero-order chi connectivity index (χ0) is 15.7. The van der Waals surface area contributed by atoms with Gasteiger partial charge in [0.25, 0.3) is 5.69 Å². The number of aromatic nitrogens is 2. The number of halogens is 1. The molecule has 3 aromatic rings. The number of non-ortho nitro benzene ring substituents is 1. The van der Waals surface area contributed by atoms with E-state index in [0.29, 0.717) is 17.0 Å². The maximum absolute atomic E-state index is 10.8. The summed E-state index contributed by atoms with van der Waals surface area (Å²) in [5.74, 6) is 0.446. The number of nitrogens with zero attached hydrogens (tertiary/aromatic N) is 3. The molecule has 22 heavy (non-hydrogen) atoms. The molecule has 2 aromatic heterocycles. The van der Waals surface area contributed by atoms with Crippen molar-refractivity contribution in [2.75, 3.05) is 0 Å². The van der Waals surface area contributed by atoms with Gasteiger partial charge in [-0.1, -0.05) is 6.92 Å². The molecule has 2 heterocycles. The summed E-state index contributed by atoms with van der Waals surface area (Å²) in [7, 11) is 0. The smallest absolute Gasteiger partial charge is 0.271 e. The molecular weight excluding hydrogens is 350 g/mol. The van der Waals surface area contributed by atoms with Crippen LogP contribution in [0.2, 0.25) is 0 Å². The van der Waals surface area contributed by atoms with Gasteiger partial charge < -0.3 is 4.42 Å². The SMILES string of the molecule is CCC[n+]1cc(Br)cc(-c2nc3cc([N+](=O)[O-])ccc3o2)c1. The van der Waals surface area contributed by atoms with Gasteiger partial charge in [-0.2, -0.15) is 0 Å². The summed E-state index contributed by atoms with van der Waals surface area (Å²) in [4.78, 5) is 14.7. The number of fused-ring (bicyclic) bond motifs is 1. The molecule has 1 aromatic carbocycles. The Morgan fingerprint density at radius 1 is 1.36 bits per heavy atom. The van der Waals surface area contributed by atoms with Crippen LogP contribution in [0.25, 0.3) is 22.6 Å². The fourth-order valence-corrected chi connectivity index (χ4v) is 2.76. The molecule has 0 spiro atoms.